The highest BCUT2D eigenvalue weighted by molar-refractivity contribution is 5.90. The van der Waals surface area contributed by atoms with Crippen LogP contribution >= 0.6 is 0 Å². The van der Waals surface area contributed by atoms with Crippen LogP contribution in [0.2, 0.25) is 0 Å². The van der Waals surface area contributed by atoms with Crippen LogP contribution in [0.25, 0.3) is 11.5 Å². The third kappa shape index (κ3) is 3.82. The molecule has 6 heteroatoms. The van der Waals surface area contributed by atoms with Gasteiger partial charge in [-0.15, -0.1) is 0 Å². The third-order valence-electron chi connectivity index (χ3n) is 4.07. The van der Waals surface area contributed by atoms with Crippen LogP contribution < -0.4 is 5.32 Å². The first-order valence-electron chi connectivity index (χ1n) is 8.13. The van der Waals surface area contributed by atoms with Crippen molar-refractivity contribution in [2.45, 2.75) is 38.6 Å². The molecule has 1 aliphatic rings. The molecule has 3 rings (SSSR count). The van der Waals surface area contributed by atoms with Crippen molar-refractivity contribution in [3.63, 3.8) is 0 Å². The lowest BCUT2D eigenvalue weighted by molar-refractivity contribution is -0.124. The summed E-state index contributed by atoms with van der Waals surface area (Å²) in [7, 11) is 0. The number of carbonyl (C=O) groups excluding carboxylic acids is 2. The monoisotopic (exact) mass is 328 g/mol. The Hall–Kier alpha value is -2.63. The molecular formula is C18H20N2O4. The number of oxazole rings is 1. The molecule has 0 atom stereocenters. The highest BCUT2D eigenvalue weighted by Gasteiger charge is 2.22. The minimum absolute atomic E-state index is 0.0996. The van der Waals surface area contributed by atoms with Crippen molar-refractivity contribution in [1.82, 2.24) is 10.3 Å². The molecule has 0 saturated heterocycles. The summed E-state index contributed by atoms with van der Waals surface area (Å²) in [6.07, 6.45) is 4.24. The fraction of sp³-hybridized carbons (Fsp3) is 0.389. The van der Waals surface area contributed by atoms with Crippen molar-refractivity contribution < 1.29 is 18.7 Å². The Kier molecular flexibility index (Phi) is 4.93. The van der Waals surface area contributed by atoms with Crippen LogP contribution in [-0.4, -0.2) is 29.5 Å². The maximum Gasteiger partial charge on any atom is 0.361 e. The van der Waals surface area contributed by atoms with Crippen molar-refractivity contribution in [2.24, 2.45) is 0 Å². The predicted molar refractivity (Wildman–Crippen MR) is 87.4 cm³/mol. The molecule has 1 aromatic carbocycles. The molecule has 1 aromatic heterocycles. The highest BCUT2D eigenvalue weighted by atomic mass is 16.5. The fourth-order valence-electron chi connectivity index (χ4n) is 2.83. The van der Waals surface area contributed by atoms with E-state index in [0.717, 1.165) is 31.2 Å². The normalized spacial score (nSPS) is 14.5. The van der Waals surface area contributed by atoms with E-state index in [1.165, 1.54) is 0 Å². The van der Waals surface area contributed by atoms with Crippen molar-refractivity contribution in [1.29, 1.82) is 0 Å². The fourth-order valence-corrected chi connectivity index (χ4v) is 2.83. The van der Waals surface area contributed by atoms with E-state index in [1.54, 1.807) is 6.92 Å². The van der Waals surface area contributed by atoms with Crippen LogP contribution in [0.3, 0.4) is 0 Å². The summed E-state index contributed by atoms with van der Waals surface area (Å²) in [6, 6.07) is 9.50. The van der Waals surface area contributed by atoms with Gasteiger partial charge in [0.1, 0.15) is 5.76 Å². The Morgan fingerprint density at radius 2 is 1.96 bits per heavy atom. The Balaban J connectivity index is 1.59. The minimum Gasteiger partial charge on any atom is -0.451 e. The first-order chi connectivity index (χ1) is 11.6. The second-order valence-electron chi connectivity index (χ2n) is 5.91. The lowest BCUT2D eigenvalue weighted by Gasteiger charge is -2.11. The molecule has 1 aliphatic carbocycles. The van der Waals surface area contributed by atoms with E-state index in [9.17, 15) is 9.59 Å². The molecule has 24 heavy (non-hydrogen) atoms. The average Bonchev–Trinajstić information content (AvgIpc) is 3.23. The SMILES string of the molecule is Cc1oc(-c2ccccc2)nc1C(=O)OCC(=O)NC1CCCC1. The number of aromatic nitrogens is 1. The van der Waals surface area contributed by atoms with E-state index in [4.69, 9.17) is 9.15 Å². The summed E-state index contributed by atoms with van der Waals surface area (Å²) in [5, 5.41) is 2.87. The molecule has 1 N–H and O–H groups in total. The molecule has 0 radical (unpaired) electrons. The Bertz CT molecular complexity index is 718. The zero-order valence-corrected chi connectivity index (χ0v) is 13.6. The van der Waals surface area contributed by atoms with Crippen molar-refractivity contribution >= 4 is 11.9 Å². The molecule has 1 heterocycles. The summed E-state index contributed by atoms with van der Waals surface area (Å²) in [5.41, 5.74) is 0.876. The molecular weight excluding hydrogens is 308 g/mol. The quantitative estimate of drug-likeness (QED) is 0.854. The van der Waals surface area contributed by atoms with Gasteiger partial charge in [0.25, 0.3) is 5.91 Å². The van der Waals surface area contributed by atoms with Gasteiger partial charge in [-0.3, -0.25) is 4.79 Å². The first-order valence-corrected chi connectivity index (χ1v) is 8.13. The van der Waals surface area contributed by atoms with Crippen LogP contribution in [0.1, 0.15) is 41.9 Å². The van der Waals surface area contributed by atoms with Gasteiger partial charge >= 0.3 is 5.97 Å². The number of rotatable bonds is 5. The lowest BCUT2D eigenvalue weighted by Crippen LogP contribution is -2.36. The zero-order chi connectivity index (χ0) is 16.9. The largest absolute Gasteiger partial charge is 0.451 e. The number of carbonyl (C=O) groups is 2. The summed E-state index contributed by atoms with van der Waals surface area (Å²) in [6.45, 7) is 1.34. The van der Waals surface area contributed by atoms with Crippen LogP contribution in [0.4, 0.5) is 0 Å². The van der Waals surface area contributed by atoms with Gasteiger partial charge in [0.15, 0.2) is 12.3 Å². The topological polar surface area (TPSA) is 81.4 Å². The van der Waals surface area contributed by atoms with E-state index >= 15 is 0 Å². The number of nitrogens with one attached hydrogen (secondary N) is 1. The Morgan fingerprint density at radius 1 is 1.25 bits per heavy atom. The van der Waals surface area contributed by atoms with Gasteiger partial charge in [-0.2, -0.15) is 0 Å². The van der Waals surface area contributed by atoms with Crippen molar-refractivity contribution in [3.05, 3.63) is 41.8 Å². The van der Waals surface area contributed by atoms with Crippen LogP contribution in [0, 0.1) is 6.92 Å². The maximum absolute atomic E-state index is 12.1. The van der Waals surface area contributed by atoms with Gasteiger partial charge in [-0.1, -0.05) is 31.0 Å². The Labute approximate surface area is 140 Å². The molecule has 0 aliphatic heterocycles. The molecule has 0 unspecified atom stereocenters. The van der Waals surface area contributed by atoms with E-state index in [0.29, 0.717) is 11.7 Å². The number of nitrogens with zero attached hydrogens (tertiary/aromatic N) is 1. The van der Waals surface area contributed by atoms with Crippen LogP contribution in [-0.2, 0) is 9.53 Å². The number of hydrogen-bond acceptors (Lipinski definition) is 5. The second-order valence-corrected chi connectivity index (χ2v) is 5.91. The lowest BCUT2D eigenvalue weighted by atomic mass is 10.2. The molecule has 1 saturated carbocycles. The van der Waals surface area contributed by atoms with Crippen molar-refractivity contribution in [3.8, 4) is 11.5 Å². The predicted octanol–water partition coefficient (Wildman–Crippen LogP) is 2.87. The van der Waals surface area contributed by atoms with E-state index < -0.39 is 5.97 Å². The van der Waals surface area contributed by atoms with Gasteiger partial charge in [0.05, 0.1) is 0 Å². The van der Waals surface area contributed by atoms with Gasteiger partial charge in [-0.05, 0) is 31.9 Å². The highest BCUT2D eigenvalue weighted by Crippen LogP contribution is 2.22. The summed E-state index contributed by atoms with van der Waals surface area (Å²) < 4.78 is 10.6. The van der Waals surface area contributed by atoms with Gasteiger partial charge < -0.3 is 14.5 Å². The molecule has 6 nitrogen and oxygen atoms in total. The molecule has 1 amide bonds. The number of hydrogen-bond donors (Lipinski definition) is 1. The summed E-state index contributed by atoms with van der Waals surface area (Å²) in [4.78, 5) is 28.1. The van der Waals surface area contributed by atoms with Gasteiger partial charge in [-0.25, -0.2) is 9.78 Å². The van der Waals surface area contributed by atoms with Gasteiger partial charge in [0.2, 0.25) is 5.89 Å². The third-order valence-corrected chi connectivity index (χ3v) is 4.07. The van der Waals surface area contributed by atoms with Crippen LogP contribution in [0.5, 0.6) is 0 Å². The van der Waals surface area contributed by atoms with E-state index in [-0.39, 0.29) is 24.2 Å². The Morgan fingerprint density at radius 3 is 2.67 bits per heavy atom. The number of esters is 1. The summed E-state index contributed by atoms with van der Waals surface area (Å²) in [5.74, 6) is -0.204. The van der Waals surface area contributed by atoms with E-state index in [1.807, 2.05) is 30.3 Å². The number of aryl methyl sites for hydroxylation is 1. The average molecular weight is 328 g/mol. The molecule has 2 aromatic rings. The summed E-state index contributed by atoms with van der Waals surface area (Å²) >= 11 is 0. The molecule has 0 bridgehead atoms. The smallest absolute Gasteiger partial charge is 0.361 e. The number of amides is 1. The minimum atomic E-state index is -0.653. The zero-order valence-electron chi connectivity index (χ0n) is 13.6. The van der Waals surface area contributed by atoms with Crippen molar-refractivity contribution in [2.75, 3.05) is 6.61 Å². The molecule has 1 fully saturated rings. The molecule has 0 spiro atoms. The maximum atomic E-state index is 12.1. The van der Waals surface area contributed by atoms with E-state index in [2.05, 4.69) is 10.3 Å². The first kappa shape index (κ1) is 16.2. The standard InChI is InChI=1S/C18H20N2O4/c1-12-16(20-17(24-12)13-7-3-2-4-8-13)18(22)23-11-15(21)19-14-9-5-6-10-14/h2-4,7-8,14H,5-6,9-11H2,1H3,(H,19,21). The second kappa shape index (κ2) is 7.29. The number of ether oxygens (including phenoxy) is 1. The van der Waals surface area contributed by atoms with Crippen LogP contribution in [0.15, 0.2) is 34.7 Å². The number of benzene rings is 1. The molecule has 126 valence electrons. The van der Waals surface area contributed by atoms with Gasteiger partial charge in [0, 0.05) is 11.6 Å².